The van der Waals surface area contributed by atoms with Gasteiger partial charge in [0.2, 0.25) is 0 Å². The fourth-order valence-electron chi connectivity index (χ4n) is 1.34. The van der Waals surface area contributed by atoms with Crippen molar-refractivity contribution in [1.82, 2.24) is 14.6 Å². The van der Waals surface area contributed by atoms with E-state index >= 15 is 0 Å². The van der Waals surface area contributed by atoms with Gasteiger partial charge in [-0.05, 0) is 19.1 Å². The van der Waals surface area contributed by atoms with Gasteiger partial charge in [0.1, 0.15) is 5.82 Å². The van der Waals surface area contributed by atoms with Gasteiger partial charge in [0.05, 0.1) is 11.9 Å². The monoisotopic (exact) mass is 218 g/mol. The summed E-state index contributed by atoms with van der Waals surface area (Å²) >= 11 is 0. The number of hydrogen-bond donors (Lipinski definition) is 2. The molecule has 2 aromatic heterocycles. The molecule has 0 radical (unpaired) electrons. The lowest BCUT2D eigenvalue weighted by molar-refractivity contribution is 0.206. The molecule has 0 unspecified atom stereocenters. The molecule has 2 heterocycles. The van der Waals surface area contributed by atoms with Crippen LogP contribution in [0.1, 0.15) is 5.82 Å². The van der Waals surface area contributed by atoms with E-state index in [1.165, 1.54) is 4.68 Å². The van der Waals surface area contributed by atoms with Gasteiger partial charge in [0.15, 0.2) is 0 Å². The van der Waals surface area contributed by atoms with Crippen LogP contribution in [0.15, 0.2) is 30.7 Å². The quantitative estimate of drug-likeness (QED) is 0.799. The van der Waals surface area contributed by atoms with Gasteiger partial charge in [-0.25, -0.2) is 19.9 Å². The predicted molar refractivity (Wildman–Crippen MR) is 57.6 cm³/mol. The van der Waals surface area contributed by atoms with Crippen LogP contribution in [0, 0.1) is 6.92 Å². The molecule has 0 atom stereocenters. The van der Waals surface area contributed by atoms with E-state index in [2.05, 4.69) is 15.4 Å². The SMILES string of the molecule is Cc1nc(-c2cccnc2)cn1NC(=O)O. The first-order valence-electron chi connectivity index (χ1n) is 4.63. The summed E-state index contributed by atoms with van der Waals surface area (Å²) in [5.74, 6) is 0.571. The summed E-state index contributed by atoms with van der Waals surface area (Å²) in [7, 11) is 0. The van der Waals surface area contributed by atoms with Crippen molar-refractivity contribution in [3.8, 4) is 11.3 Å². The third-order valence-electron chi connectivity index (χ3n) is 2.06. The minimum absolute atomic E-state index is 0.571. The molecule has 0 aliphatic heterocycles. The number of nitrogens with one attached hydrogen (secondary N) is 1. The van der Waals surface area contributed by atoms with Gasteiger partial charge >= 0.3 is 6.09 Å². The molecule has 0 aromatic carbocycles. The van der Waals surface area contributed by atoms with Gasteiger partial charge in [0, 0.05) is 18.0 Å². The highest BCUT2D eigenvalue weighted by Gasteiger charge is 2.07. The molecule has 2 N–H and O–H groups in total. The number of carboxylic acid groups (broad SMARTS) is 1. The van der Waals surface area contributed by atoms with Gasteiger partial charge in [-0.2, -0.15) is 0 Å². The Labute approximate surface area is 91.6 Å². The van der Waals surface area contributed by atoms with Crippen LogP contribution in [-0.2, 0) is 0 Å². The van der Waals surface area contributed by atoms with E-state index in [9.17, 15) is 4.79 Å². The van der Waals surface area contributed by atoms with Gasteiger partial charge in [-0.3, -0.25) is 4.98 Å². The molecule has 0 aliphatic rings. The molecule has 6 nitrogen and oxygen atoms in total. The molecule has 82 valence electrons. The zero-order chi connectivity index (χ0) is 11.5. The van der Waals surface area contributed by atoms with Gasteiger partial charge in [-0.15, -0.1) is 0 Å². The molecule has 6 heteroatoms. The van der Waals surface area contributed by atoms with Crippen molar-refractivity contribution in [1.29, 1.82) is 0 Å². The van der Waals surface area contributed by atoms with Crippen LogP contribution in [0.3, 0.4) is 0 Å². The summed E-state index contributed by atoms with van der Waals surface area (Å²) in [5, 5.41) is 8.60. The average Bonchev–Trinajstić information content (AvgIpc) is 2.61. The van der Waals surface area contributed by atoms with Crippen molar-refractivity contribution in [2.24, 2.45) is 0 Å². The molecule has 0 aliphatic carbocycles. The summed E-state index contributed by atoms with van der Waals surface area (Å²) < 4.78 is 1.35. The predicted octanol–water partition coefficient (Wildman–Crippen LogP) is 1.48. The smallest absolute Gasteiger partial charge is 0.424 e. The molecule has 0 saturated carbocycles. The van der Waals surface area contributed by atoms with Crippen LogP contribution in [0.25, 0.3) is 11.3 Å². The van der Waals surface area contributed by atoms with E-state index in [0.717, 1.165) is 5.56 Å². The van der Waals surface area contributed by atoms with Crippen molar-refractivity contribution in [2.75, 3.05) is 5.43 Å². The van der Waals surface area contributed by atoms with Crippen molar-refractivity contribution in [3.05, 3.63) is 36.5 Å². The van der Waals surface area contributed by atoms with E-state index in [0.29, 0.717) is 11.5 Å². The van der Waals surface area contributed by atoms with Crippen molar-refractivity contribution < 1.29 is 9.90 Å². The lowest BCUT2D eigenvalue weighted by Crippen LogP contribution is -2.20. The average molecular weight is 218 g/mol. The zero-order valence-electron chi connectivity index (χ0n) is 8.58. The number of hydrogen-bond acceptors (Lipinski definition) is 3. The number of pyridine rings is 1. The fraction of sp³-hybridized carbons (Fsp3) is 0.100. The first kappa shape index (κ1) is 10.2. The maximum atomic E-state index is 10.5. The van der Waals surface area contributed by atoms with E-state index in [-0.39, 0.29) is 0 Å². The Bertz CT molecular complexity index is 507. The molecule has 0 spiro atoms. The minimum atomic E-state index is -1.13. The third-order valence-corrected chi connectivity index (χ3v) is 2.06. The lowest BCUT2D eigenvalue weighted by Gasteiger charge is -2.01. The normalized spacial score (nSPS) is 10.1. The van der Waals surface area contributed by atoms with Crippen LogP contribution in [0.2, 0.25) is 0 Å². The highest BCUT2D eigenvalue weighted by Crippen LogP contribution is 2.16. The van der Waals surface area contributed by atoms with Crippen LogP contribution < -0.4 is 5.43 Å². The lowest BCUT2D eigenvalue weighted by atomic mass is 10.2. The third kappa shape index (κ3) is 2.00. The molecule has 0 bridgehead atoms. The largest absolute Gasteiger partial charge is 0.464 e. The Morgan fingerprint density at radius 3 is 3.00 bits per heavy atom. The van der Waals surface area contributed by atoms with Crippen LogP contribution in [-0.4, -0.2) is 25.8 Å². The summed E-state index contributed by atoms with van der Waals surface area (Å²) in [4.78, 5) is 18.7. The van der Waals surface area contributed by atoms with Crippen LogP contribution in [0.4, 0.5) is 4.79 Å². The second-order valence-electron chi connectivity index (χ2n) is 3.20. The second kappa shape index (κ2) is 4.01. The van der Waals surface area contributed by atoms with E-state index in [1.54, 1.807) is 31.6 Å². The number of imidazole rings is 1. The minimum Gasteiger partial charge on any atom is -0.464 e. The molecule has 0 saturated heterocycles. The Hall–Kier alpha value is -2.37. The van der Waals surface area contributed by atoms with Crippen LogP contribution >= 0.6 is 0 Å². The Morgan fingerprint density at radius 2 is 2.38 bits per heavy atom. The van der Waals surface area contributed by atoms with Crippen molar-refractivity contribution >= 4 is 6.09 Å². The Morgan fingerprint density at radius 1 is 1.56 bits per heavy atom. The molecule has 2 rings (SSSR count). The maximum absolute atomic E-state index is 10.5. The first-order valence-corrected chi connectivity index (χ1v) is 4.63. The van der Waals surface area contributed by atoms with Crippen molar-refractivity contribution in [3.63, 3.8) is 0 Å². The summed E-state index contributed by atoms with van der Waals surface area (Å²) in [6.07, 6.45) is 3.83. The number of amides is 1. The van der Waals surface area contributed by atoms with Gasteiger partial charge < -0.3 is 5.11 Å². The zero-order valence-corrected chi connectivity index (χ0v) is 8.58. The number of aromatic nitrogens is 3. The fourth-order valence-corrected chi connectivity index (χ4v) is 1.34. The summed E-state index contributed by atoms with van der Waals surface area (Å²) in [5.41, 5.74) is 3.74. The molecular weight excluding hydrogens is 208 g/mol. The van der Waals surface area contributed by atoms with Crippen molar-refractivity contribution in [2.45, 2.75) is 6.92 Å². The summed E-state index contributed by atoms with van der Waals surface area (Å²) in [6, 6.07) is 3.66. The van der Waals surface area contributed by atoms with E-state index < -0.39 is 6.09 Å². The highest BCUT2D eigenvalue weighted by atomic mass is 16.4. The standard InChI is InChI=1S/C10H10N4O2/c1-7-12-9(6-14(7)13-10(15)16)8-3-2-4-11-5-8/h2-6,13H,1H3,(H,15,16). The molecule has 16 heavy (non-hydrogen) atoms. The van der Waals surface area contributed by atoms with Crippen LogP contribution in [0.5, 0.6) is 0 Å². The first-order chi connectivity index (χ1) is 7.66. The van der Waals surface area contributed by atoms with E-state index in [1.807, 2.05) is 6.07 Å². The number of carbonyl (C=O) groups is 1. The Kier molecular flexibility index (Phi) is 2.55. The van der Waals surface area contributed by atoms with Gasteiger partial charge in [-0.1, -0.05) is 0 Å². The molecule has 1 amide bonds. The van der Waals surface area contributed by atoms with Gasteiger partial charge in [0.25, 0.3) is 0 Å². The maximum Gasteiger partial charge on any atom is 0.424 e. The number of aryl methyl sites for hydroxylation is 1. The molecule has 2 aromatic rings. The second-order valence-corrected chi connectivity index (χ2v) is 3.20. The topological polar surface area (TPSA) is 80.0 Å². The molecule has 0 fully saturated rings. The summed E-state index contributed by atoms with van der Waals surface area (Å²) in [6.45, 7) is 1.72. The number of rotatable bonds is 2. The number of nitrogens with zero attached hydrogens (tertiary/aromatic N) is 3. The highest BCUT2D eigenvalue weighted by molar-refractivity contribution is 5.73. The molecular formula is C10H10N4O2. The Balaban J connectivity index is 2.34. The van der Waals surface area contributed by atoms with E-state index in [4.69, 9.17) is 5.11 Å².